The summed E-state index contributed by atoms with van der Waals surface area (Å²) in [6.07, 6.45) is 8.31. The summed E-state index contributed by atoms with van der Waals surface area (Å²) in [7, 11) is 0. The predicted octanol–water partition coefficient (Wildman–Crippen LogP) is 4.96. The molecule has 2 amide bonds. The van der Waals surface area contributed by atoms with Gasteiger partial charge in [0, 0.05) is 43.7 Å². The van der Waals surface area contributed by atoms with Gasteiger partial charge in [0.15, 0.2) is 0 Å². The van der Waals surface area contributed by atoms with E-state index in [4.69, 9.17) is 26.3 Å². The first kappa shape index (κ1) is 28.9. The Labute approximate surface area is 246 Å². The summed E-state index contributed by atoms with van der Waals surface area (Å²) in [6, 6.07) is 7.17. The zero-order valence-electron chi connectivity index (χ0n) is 23.9. The van der Waals surface area contributed by atoms with Crippen molar-refractivity contribution in [2.45, 2.75) is 77.0 Å². The van der Waals surface area contributed by atoms with Gasteiger partial charge in [-0.2, -0.15) is 5.26 Å². The first-order chi connectivity index (χ1) is 19.5. The first-order valence-electron chi connectivity index (χ1n) is 14.2. The van der Waals surface area contributed by atoms with Crippen LogP contribution in [0.2, 0.25) is 5.02 Å². The Balaban J connectivity index is 1.04. The van der Waals surface area contributed by atoms with Crippen LogP contribution in [0, 0.1) is 16.7 Å². The Kier molecular flexibility index (Phi) is 8.28. The lowest BCUT2D eigenvalue weighted by Gasteiger charge is -2.54. The molecule has 0 radical (unpaired) electrons. The van der Waals surface area contributed by atoms with E-state index >= 15 is 0 Å². The molecule has 218 valence electrons. The molecule has 41 heavy (non-hydrogen) atoms. The standard InChI is InChI=1S/C30H37ClN6O4/c1-29(2,3)41-28(39)36-12-10-30(11-13-36)18-37(19-30)22-16-33-26(34-17-22)27(38)35-21-5-8-23(9-6-21)40-24-7-4-20(15-32)25(31)14-24/h4,7,14,16-17,21,23H,5-6,8-13,18-19H2,1-3H3,(H,35,38). The summed E-state index contributed by atoms with van der Waals surface area (Å²) in [5.41, 5.74) is 1.04. The Morgan fingerprint density at radius 3 is 2.34 bits per heavy atom. The van der Waals surface area contributed by atoms with Crippen LogP contribution in [0.3, 0.4) is 0 Å². The number of aromatic nitrogens is 2. The molecule has 5 rings (SSSR count). The van der Waals surface area contributed by atoms with E-state index in [1.165, 1.54) is 0 Å². The summed E-state index contributed by atoms with van der Waals surface area (Å²) in [5, 5.41) is 12.5. The molecule has 1 saturated carbocycles. The molecule has 2 saturated heterocycles. The SMILES string of the molecule is CC(C)(C)OC(=O)N1CCC2(CC1)CN(c1cnc(C(=O)NC3CCC(Oc4ccc(C#N)c(Cl)c4)CC3)nc1)C2. The maximum absolute atomic E-state index is 12.8. The van der Waals surface area contributed by atoms with Gasteiger partial charge < -0.3 is 24.6 Å². The second-order valence-electron chi connectivity index (χ2n) is 12.4. The zero-order valence-corrected chi connectivity index (χ0v) is 24.6. The van der Waals surface area contributed by atoms with Crippen LogP contribution in [-0.2, 0) is 4.74 Å². The number of nitrogens with zero attached hydrogens (tertiary/aromatic N) is 5. The molecule has 2 aliphatic heterocycles. The van der Waals surface area contributed by atoms with Crippen molar-refractivity contribution in [2.75, 3.05) is 31.1 Å². The number of likely N-dealkylation sites (tertiary alicyclic amines) is 1. The van der Waals surface area contributed by atoms with Crippen LogP contribution in [-0.4, -0.2) is 70.8 Å². The molecule has 0 unspecified atom stereocenters. The minimum Gasteiger partial charge on any atom is -0.490 e. The van der Waals surface area contributed by atoms with Gasteiger partial charge in [0.1, 0.15) is 17.4 Å². The van der Waals surface area contributed by atoms with E-state index in [0.29, 0.717) is 29.4 Å². The third-order valence-corrected chi connectivity index (χ3v) is 8.42. The van der Waals surface area contributed by atoms with E-state index in [0.717, 1.165) is 57.3 Å². The van der Waals surface area contributed by atoms with Crippen LogP contribution in [0.15, 0.2) is 30.6 Å². The number of anilines is 1. The number of hydrogen-bond acceptors (Lipinski definition) is 8. The van der Waals surface area contributed by atoms with Gasteiger partial charge in [-0.3, -0.25) is 4.79 Å². The maximum atomic E-state index is 12.8. The smallest absolute Gasteiger partial charge is 0.410 e. The van der Waals surface area contributed by atoms with Crippen molar-refractivity contribution in [1.82, 2.24) is 20.2 Å². The lowest BCUT2D eigenvalue weighted by molar-refractivity contribution is 0.00595. The molecule has 10 nitrogen and oxygen atoms in total. The number of nitriles is 1. The molecule has 1 aliphatic carbocycles. The molecule has 1 spiro atoms. The Morgan fingerprint density at radius 2 is 1.76 bits per heavy atom. The van der Waals surface area contributed by atoms with Crippen molar-refractivity contribution in [1.29, 1.82) is 5.26 Å². The number of ether oxygens (including phenoxy) is 2. The van der Waals surface area contributed by atoms with Gasteiger partial charge in [-0.25, -0.2) is 14.8 Å². The normalized spacial score (nSPS) is 21.9. The number of carbonyl (C=O) groups is 2. The van der Waals surface area contributed by atoms with Gasteiger partial charge in [-0.1, -0.05) is 11.6 Å². The lowest BCUT2D eigenvalue weighted by Crippen LogP contribution is -2.61. The summed E-state index contributed by atoms with van der Waals surface area (Å²) < 4.78 is 11.6. The molecular formula is C30H37ClN6O4. The Bertz CT molecular complexity index is 1300. The van der Waals surface area contributed by atoms with Crippen molar-refractivity contribution in [3.63, 3.8) is 0 Å². The lowest BCUT2D eigenvalue weighted by atomic mass is 9.72. The van der Waals surface area contributed by atoms with Crippen LogP contribution in [0.4, 0.5) is 10.5 Å². The van der Waals surface area contributed by atoms with E-state index in [-0.39, 0.29) is 35.4 Å². The molecule has 0 bridgehead atoms. The molecule has 3 fully saturated rings. The minimum absolute atomic E-state index is 0.0343. The molecule has 1 N–H and O–H groups in total. The van der Waals surface area contributed by atoms with Crippen LogP contribution in [0.1, 0.15) is 75.5 Å². The fourth-order valence-electron chi connectivity index (χ4n) is 5.78. The molecule has 1 aromatic carbocycles. The van der Waals surface area contributed by atoms with E-state index in [9.17, 15) is 9.59 Å². The summed E-state index contributed by atoms with van der Waals surface area (Å²) >= 11 is 6.11. The fraction of sp³-hybridized carbons (Fsp3) is 0.567. The number of carbonyl (C=O) groups excluding carboxylic acids is 2. The van der Waals surface area contributed by atoms with Gasteiger partial charge in [-0.05, 0) is 71.4 Å². The number of hydrogen-bond donors (Lipinski definition) is 1. The Hall–Kier alpha value is -3.58. The highest BCUT2D eigenvalue weighted by Gasteiger charge is 2.46. The van der Waals surface area contributed by atoms with Crippen LogP contribution < -0.4 is 15.0 Å². The van der Waals surface area contributed by atoms with Crippen molar-refractivity contribution in [3.8, 4) is 11.8 Å². The van der Waals surface area contributed by atoms with E-state index in [2.05, 4.69) is 20.2 Å². The van der Waals surface area contributed by atoms with Gasteiger partial charge >= 0.3 is 6.09 Å². The number of nitrogens with one attached hydrogen (secondary N) is 1. The average Bonchev–Trinajstić information content (AvgIpc) is 2.92. The first-order valence-corrected chi connectivity index (χ1v) is 14.6. The number of amides is 2. The van der Waals surface area contributed by atoms with Gasteiger partial charge in [0.2, 0.25) is 5.82 Å². The topological polar surface area (TPSA) is 121 Å². The second-order valence-corrected chi connectivity index (χ2v) is 12.8. The molecule has 1 aromatic heterocycles. The number of rotatable bonds is 5. The number of halogens is 1. The van der Waals surface area contributed by atoms with Crippen molar-refractivity contribution < 1.29 is 19.1 Å². The predicted molar refractivity (Wildman–Crippen MR) is 154 cm³/mol. The molecular weight excluding hydrogens is 544 g/mol. The highest BCUT2D eigenvalue weighted by molar-refractivity contribution is 6.31. The van der Waals surface area contributed by atoms with Gasteiger partial charge in [-0.15, -0.1) is 0 Å². The number of piperidine rings is 1. The summed E-state index contributed by atoms with van der Waals surface area (Å²) in [6.45, 7) is 8.85. The van der Waals surface area contributed by atoms with Gasteiger partial charge in [0.05, 0.1) is 34.8 Å². The third kappa shape index (κ3) is 7.02. The molecule has 11 heteroatoms. The van der Waals surface area contributed by atoms with E-state index in [1.54, 1.807) is 35.5 Å². The fourth-order valence-corrected chi connectivity index (χ4v) is 5.99. The van der Waals surface area contributed by atoms with Crippen LogP contribution in [0.5, 0.6) is 5.75 Å². The number of benzene rings is 1. The van der Waals surface area contributed by atoms with Crippen LogP contribution >= 0.6 is 11.6 Å². The second kappa shape index (κ2) is 11.7. The zero-order chi connectivity index (χ0) is 29.2. The van der Waals surface area contributed by atoms with Crippen molar-refractivity contribution in [3.05, 3.63) is 47.0 Å². The minimum atomic E-state index is -0.485. The maximum Gasteiger partial charge on any atom is 0.410 e. The molecule has 3 aliphatic rings. The van der Waals surface area contributed by atoms with Crippen LogP contribution in [0.25, 0.3) is 0 Å². The van der Waals surface area contributed by atoms with E-state index < -0.39 is 5.60 Å². The Morgan fingerprint density at radius 1 is 1.10 bits per heavy atom. The monoisotopic (exact) mass is 580 g/mol. The average molecular weight is 581 g/mol. The highest BCUT2D eigenvalue weighted by Crippen LogP contribution is 2.42. The summed E-state index contributed by atoms with van der Waals surface area (Å²) in [4.78, 5) is 37.9. The van der Waals surface area contributed by atoms with Crippen molar-refractivity contribution in [2.24, 2.45) is 5.41 Å². The quantitative estimate of drug-likeness (QED) is 0.527. The largest absolute Gasteiger partial charge is 0.490 e. The molecule has 2 aromatic rings. The van der Waals surface area contributed by atoms with Gasteiger partial charge in [0.25, 0.3) is 5.91 Å². The summed E-state index contributed by atoms with van der Waals surface area (Å²) in [5.74, 6) is 0.545. The molecule has 3 heterocycles. The van der Waals surface area contributed by atoms with E-state index in [1.807, 2.05) is 26.8 Å². The van der Waals surface area contributed by atoms with Crippen molar-refractivity contribution >= 4 is 29.3 Å². The highest BCUT2D eigenvalue weighted by atomic mass is 35.5. The third-order valence-electron chi connectivity index (χ3n) is 8.11. The molecule has 0 atom stereocenters.